The lowest BCUT2D eigenvalue weighted by atomic mass is 10.0. The molecule has 2 aliphatic heterocycles. The predicted octanol–water partition coefficient (Wildman–Crippen LogP) is 3.65. The summed E-state index contributed by atoms with van der Waals surface area (Å²) < 4.78 is 24.0. The Morgan fingerprint density at radius 2 is 1.83 bits per heavy atom. The van der Waals surface area contributed by atoms with Gasteiger partial charge >= 0.3 is 5.97 Å². The Hall–Kier alpha value is -4.73. The lowest BCUT2D eigenvalue weighted by Crippen LogP contribution is -2.50. The Balaban J connectivity index is 0.00000108. The van der Waals surface area contributed by atoms with Crippen LogP contribution >= 0.6 is 0 Å². The Morgan fingerprint density at radius 1 is 1.12 bits per heavy atom. The molecular weight excluding hydrogens is 529 g/mol. The number of ether oxygens (including phenoxy) is 2. The second kappa shape index (κ2) is 17.8. The van der Waals surface area contributed by atoms with Crippen molar-refractivity contribution in [2.75, 3.05) is 13.7 Å². The van der Waals surface area contributed by atoms with Crippen molar-refractivity contribution >= 4 is 23.7 Å². The smallest absolute Gasteiger partial charge is 0.302 e. The molecule has 0 aliphatic carbocycles. The third-order valence-corrected chi connectivity index (χ3v) is 5.67. The van der Waals surface area contributed by atoms with Gasteiger partial charge < -0.3 is 25.4 Å². The van der Waals surface area contributed by atoms with Gasteiger partial charge in [0.1, 0.15) is 23.4 Å². The molecule has 0 spiro atoms. The lowest BCUT2D eigenvalue weighted by molar-refractivity contribution is -0.138. The van der Waals surface area contributed by atoms with E-state index in [0.29, 0.717) is 23.5 Å². The fourth-order valence-electron chi connectivity index (χ4n) is 3.46. The molecule has 0 radical (unpaired) electrons. The van der Waals surface area contributed by atoms with Gasteiger partial charge in [-0.2, -0.15) is 0 Å². The summed E-state index contributed by atoms with van der Waals surface area (Å²) in [6.45, 7) is 2.99. The second-order valence-corrected chi connectivity index (χ2v) is 8.89. The molecule has 1 atom stereocenters. The van der Waals surface area contributed by atoms with Crippen LogP contribution in [0, 0.1) is 5.82 Å². The van der Waals surface area contributed by atoms with Gasteiger partial charge in [0.15, 0.2) is 0 Å². The normalized spacial score (nSPS) is 17.0. The standard InChI is InChI=1S/C28H30FN3O4.C3H6O2/c1-2-3-9-22-10-5-7-12-26(33)30-19-27(34)32-25(17-20-13-15-23(36-22)16-14-20)28(35)31-18-21-8-4-6-11-24(21)29;1-3(4)5-2/h2-6,8-11,13-16,25H,7,12,17-19H2,1H3,(H,30,33)(H,31,35)(H,32,34);1-2H3/b3-2-,10-5?,22-9+;. The van der Waals surface area contributed by atoms with E-state index in [2.05, 4.69) is 20.7 Å². The van der Waals surface area contributed by atoms with Crippen molar-refractivity contribution in [3.05, 3.63) is 102 Å². The number of fused-ring (bicyclic) bond motifs is 13. The summed E-state index contributed by atoms with van der Waals surface area (Å²) >= 11 is 0. The molecule has 0 aromatic heterocycles. The van der Waals surface area contributed by atoms with Gasteiger partial charge in [-0.25, -0.2) is 4.39 Å². The number of nitrogens with one attached hydrogen (secondary N) is 3. The van der Waals surface area contributed by atoms with Crippen molar-refractivity contribution < 1.29 is 33.0 Å². The van der Waals surface area contributed by atoms with Crippen LogP contribution in [0.1, 0.15) is 37.8 Å². The zero-order chi connectivity index (χ0) is 30.0. The highest BCUT2D eigenvalue weighted by Crippen LogP contribution is 2.18. The highest BCUT2D eigenvalue weighted by molar-refractivity contribution is 5.90. The quantitative estimate of drug-likeness (QED) is 0.487. The van der Waals surface area contributed by atoms with Crippen LogP contribution in [0.25, 0.3) is 0 Å². The number of benzene rings is 2. The largest absolute Gasteiger partial charge is 0.469 e. The molecule has 2 aromatic carbocycles. The molecule has 1 unspecified atom stereocenters. The van der Waals surface area contributed by atoms with Crippen LogP contribution < -0.4 is 20.7 Å². The van der Waals surface area contributed by atoms with E-state index >= 15 is 0 Å². The minimum Gasteiger partial charge on any atom is -0.469 e. The molecule has 3 N–H and O–H groups in total. The summed E-state index contributed by atoms with van der Waals surface area (Å²) in [4.78, 5) is 47.2. The molecule has 4 rings (SSSR count). The molecule has 0 saturated heterocycles. The van der Waals surface area contributed by atoms with Crippen LogP contribution in [0.3, 0.4) is 0 Å². The van der Waals surface area contributed by atoms with E-state index in [1.807, 2.05) is 43.4 Å². The van der Waals surface area contributed by atoms with Gasteiger partial charge in [-0.05, 0) is 49.3 Å². The maximum atomic E-state index is 14.0. The zero-order valence-electron chi connectivity index (χ0n) is 23.4. The van der Waals surface area contributed by atoms with Gasteiger partial charge in [0.2, 0.25) is 17.7 Å². The van der Waals surface area contributed by atoms with E-state index < -0.39 is 23.7 Å². The highest BCUT2D eigenvalue weighted by atomic mass is 19.1. The molecule has 218 valence electrons. The SMILES string of the molecule is C/C=C\C=C1/C=CCCC(=O)NCC(=O)NC(C(=O)NCc2ccccc2F)Cc2ccc(cc2)O1.COC(C)=O. The topological polar surface area (TPSA) is 123 Å². The summed E-state index contributed by atoms with van der Waals surface area (Å²) in [7, 11) is 1.35. The molecule has 2 aliphatic rings. The van der Waals surface area contributed by atoms with Crippen LogP contribution in [0.4, 0.5) is 4.39 Å². The van der Waals surface area contributed by atoms with E-state index in [0.717, 1.165) is 5.56 Å². The van der Waals surface area contributed by atoms with Gasteiger partial charge in [0.05, 0.1) is 13.7 Å². The van der Waals surface area contributed by atoms with Crippen molar-refractivity contribution in [1.29, 1.82) is 0 Å². The average molecular weight is 566 g/mol. The Bertz CT molecular complexity index is 1270. The number of esters is 1. The third kappa shape index (κ3) is 12.8. The summed E-state index contributed by atoms with van der Waals surface area (Å²) in [5, 5.41) is 7.93. The zero-order valence-corrected chi connectivity index (χ0v) is 23.4. The van der Waals surface area contributed by atoms with Crippen LogP contribution in [-0.4, -0.2) is 43.4 Å². The molecule has 0 saturated carbocycles. The second-order valence-electron chi connectivity index (χ2n) is 8.89. The van der Waals surface area contributed by atoms with Gasteiger partial charge in [0, 0.05) is 31.9 Å². The highest BCUT2D eigenvalue weighted by Gasteiger charge is 2.22. The fourth-order valence-corrected chi connectivity index (χ4v) is 3.46. The number of carbonyl (C=O) groups is 4. The van der Waals surface area contributed by atoms with Crippen molar-refractivity contribution in [1.82, 2.24) is 16.0 Å². The fraction of sp³-hybridized carbons (Fsp3) is 0.290. The third-order valence-electron chi connectivity index (χ3n) is 5.67. The van der Waals surface area contributed by atoms with Crippen LogP contribution in [0.2, 0.25) is 0 Å². The van der Waals surface area contributed by atoms with Crippen molar-refractivity contribution in [3.8, 4) is 5.75 Å². The van der Waals surface area contributed by atoms with Crippen molar-refractivity contribution in [2.45, 2.75) is 45.7 Å². The number of methoxy groups -OCH3 is 1. The van der Waals surface area contributed by atoms with Gasteiger partial charge in [-0.3, -0.25) is 19.2 Å². The minimum absolute atomic E-state index is 0.0181. The van der Waals surface area contributed by atoms with Crippen molar-refractivity contribution in [3.63, 3.8) is 0 Å². The molecule has 10 heteroatoms. The average Bonchev–Trinajstić information content (AvgIpc) is 2.97. The molecule has 3 amide bonds. The van der Waals surface area contributed by atoms with Crippen molar-refractivity contribution in [2.24, 2.45) is 0 Å². The number of carbonyl (C=O) groups excluding carboxylic acids is 4. The number of allylic oxidation sites excluding steroid dienone is 5. The first-order valence-corrected chi connectivity index (χ1v) is 13.1. The summed E-state index contributed by atoms with van der Waals surface area (Å²) in [5.41, 5.74) is 1.13. The Morgan fingerprint density at radius 3 is 2.49 bits per heavy atom. The first kappa shape index (κ1) is 32.5. The first-order valence-electron chi connectivity index (χ1n) is 13.1. The first-order chi connectivity index (χ1) is 19.7. The van der Waals surface area contributed by atoms with E-state index in [1.54, 1.807) is 36.4 Å². The predicted molar refractivity (Wildman–Crippen MR) is 153 cm³/mol. The molecule has 0 fully saturated rings. The molecule has 2 heterocycles. The van der Waals surface area contributed by atoms with E-state index in [1.165, 1.54) is 20.1 Å². The monoisotopic (exact) mass is 565 g/mol. The summed E-state index contributed by atoms with van der Waals surface area (Å²) in [6, 6.07) is 12.4. The molecule has 2 bridgehead atoms. The number of amides is 3. The Kier molecular flexibility index (Phi) is 14.1. The number of rotatable bonds is 4. The molecule has 41 heavy (non-hydrogen) atoms. The van der Waals surface area contributed by atoms with E-state index in [4.69, 9.17) is 4.74 Å². The van der Waals surface area contributed by atoms with E-state index in [9.17, 15) is 23.6 Å². The molecule has 9 nitrogen and oxygen atoms in total. The summed E-state index contributed by atoms with van der Waals surface area (Å²) in [5.74, 6) is -0.704. The number of hydrogen-bond acceptors (Lipinski definition) is 6. The molecular formula is C31H36FN3O6. The maximum Gasteiger partial charge on any atom is 0.302 e. The number of halogens is 1. The lowest BCUT2D eigenvalue weighted by Gasteiger charge is -2.19. The van der Waals surface area contributed by atoms with Crippen LogP contribution in [0.15, 0.2) is 84.7 Å². The maximum absolute atomic E-state index is 14.0. The van der Waals surface area contributed by atoms with Gasteiger partial charge in [-0.1, -0.05) is 48.6 Å². The van der Waals surface area contributed by atoms with Gasteiger partial charge in [0.25, 0.3) is 0 Å². The molecule has 2 aromatic rings. The van der Waals surface area contributed by atoms with E-state index in [-0.39, 0.29) is 37.8 Å². The van der Waals surface area contributed by atoms with Gasteiger partial charge in [-0.15, -0.1) is 0 Å². The minimum atomic E-state index is -0.921. The summed E-state index contributed by atoms with van der Waals surface area (Å²) in [6.07, 6.45) is 10.0. The van der Waals surface area contributed by atoms with Crippen LogP contribution in [-0.2, 0) is 36.9 Å². The Labute approximate surface area is 239 Å². The van der Waals surface area contributed by atoms with Crippen LogP contribution in [0.5, 0.6) is 5.75 Å². The number of hydrogen-bond donors (Lipinski definition) is 3.